The van der Waals surface area contributed by atoms with E-state index in [2.05, 4.69) is 23.7 Å². The van der Waals surface area contributed by atoms with Crippen molar-refractivity contribution in [2.45, 2.75) is 25.7 Å². The monoisotopic (exact) mass is 257 g/mol. The summed E-state index contributed by atoms with van der Waals surface area (Å²) in [5, 5.41) is 0. The Kier molecular flexibility index (Phi) is 3.01. The number of carbonyl (C=O) groups is 1. The van der Waals surface area contributed by atoms with Crippen LogP contribution < -0.4 is 0 Å². The summed E-state index contributed by atoms with van der Waals surface area (Å²) in [6.45, 7) is 3.35. The number of likely N-dealkylation sites (tertiary alicyclic amines) is 1. The molecule has 0 atom stereocenters. The van der Waals surface area contributed by atoms with Gasteiger partial charge < -0.3 is 9.47 Å². The molecule has 100 valence electrons. The molecule has 1 aliphatic rings. The molecule has 1 aliphatic heterocycles. The van der Waals surface area contributed by atoms with Crippen molar-refractivity contribution in [3.63, 3.8) is 0 Å². The van der Waals surface area contributed by atoms with Crippen molar-refractivity contribution in [2.75, 3.05) is 13.1 Å². The zero-order valence-electron chi connectivity index (χ0n) is 11.5. The van der Waals surface area contributed by atoms with Crippen LogP contribution in [0, 0.1) is 0 Å². The quantitative estimate of drug-likeness (QED) is 0.786. The van der Waals surface area contributed by atoms with Gasteiger partial charge in [0.05, 0.1) is 11.0 Å². The molecule has 1 aromatic heterocycles. The van der Waals surface area contributed by atoms with E-state index in [1.165, 1.54) is 5.52 Å². The lowest BCUT2D eigenvalue weighted by atomic mass is 9.96. The molecule has 2 heterocycles. The summed E-state index contributed by atoms with van der Waals surface area (Å²) in [7, 11) is 2.09. The highest BCUT2D eigenvalue weighted by Gasteiger charge is 2.25. The number of nitrogens with zero attached hydrogens (tertiary/aromatic N) is 3. The number of carbonyl (C=O) groups excluding carboxylic acids is 1. The average Bonchev–Trinajstić information content (AvgIpc) is 2.77. The molecule has 0 N–H and O–H groups in total. The molecule has 0 radical (unpaired) electrons. The fraction of sp³-hybridized carbons (Fsp3) is 0.467. The fourth-order valence-corrected chi connectivity index (χ4v) is 2.98. The number of aromatic nitrogens is 2. The van der Waals surface area contributed by atoms with Gasteiger partial charge in [0, 0.05) is 33.0 Å². The van der Waals surface area contributed by atoms with Gasteiger partial charge in [-0.05, 0) is 25.0 Å². The molecule has 0 spiro atoms. The van der Waals surface area contributed by atoms with Crippen LogP contribution in [0.5, 0.6) is 0 Å². The van der Waals surface area contributed by atoms with Crippen molar-refractivity contribution in [1.82, 2.24) is 14.5 Å². The number of benzene rings is 1. The highest BCUT2D eigenvalue weighted by molar-refractivity contribution is 5.76. The molecule has 0 bridgehead atoms. The van der Waals surface area contributed by atoms with E-state index in [1.54, 1.807) is 6.92 Å². The minimum Gasteiger partial charge on any atom is -0.343 e. The van der Waals surface area contributed by atoms with Gasteiger partial charge in [0.2, 0.25) is 5.91 Å². The minimum absolute atomic E-state index is 0.184. The summed E-state index contributed by atoms with van der Waals surface area (Å²) in [6.07, 6.45) is 2.02. The van der Waals surface area contributed by atoms with Crippen molar-refractivity contribution in [3.05, 3.63) is 30.1 Å². The molecular formula is C15H19N3O. The number of rotatable bonds is 1. The van der Waals surface area contributed by atoms with E-state index in [-0.39, 0.29) is 5.91 Å². The van der Waals surface area contributed by atoms with Crippen LogP contribution in [0.25, 0.3) is 11.0 Å². The number of amides is 1. The molecule has 4 heteroatoms. The average molecular weight is 257 g/mol. The lowest BCUT2D eigenvalue weighted by Gasteiger charge is -2.30. The lowest BCUT2D eigenvalue weighted by molar-refractivity contribution is -0.129. The number of hydrogen-bond donors (Lipinski definition) is 0. The third kappa shape index (κ3) is 2.11. The molecular weight excluding hydrogens is 238 g/mol. The smallest absolute Gasteiger partial charge is 0.219 e. The largest absolute Gasteiger partial charge is 0.343 e. The van der Waals surface area contributed by atoms with Gasteiger partial charge in [0.1, 0.15) is 5.82 Å². The molecule has 19 heavy (non-hydrogen) atoms. The maximum Gasteiger partial charge on any atom is 0.219 e. The normalized spacial score (nSPS) is 17.1. The van der Waals surface area contributed by atoms with Gasteiger partial charge in [0.15, 0.2) is 0 Å². The van der Waals surface area contributed by atoms with Crippen molar-refractivity contribution < 1.29 is 4.79 Å². The van der Waals surface area contributed by atoms with E-state index in [0.717, 1.165) is 37.3 Å². The Balaban J connectivity index is 1.86. The van der Waals surface area contributed by atoms with E-state index in [1.807, 2.05) is 17.0 Å². The van der Waals surface area contributed by atoms with E-state index in [0.29, 0.717) is 5.92 Å². The van der Waals surface area contributed by atoms with Crippen molar-refractivity contribution in [2.24, 2.45) is 7.05 Å². The topological polar surface area (TPSA) is 38.1 Å². The summed E-state index contributed by atoms with van der Waals surface area (Å²) in [6, 6.07) is 8.24. The van der Waals surface area contributed by atoms with Gasteiger partial charge in [0.25, 0.3) is 0 Å². The summed E-state index contributed by atoms with van der Waals surface area (Å²) in [5.41, 5.74) is 2.25. The first-order valence-electron chi connectivity index (χ1n) is 6.83. The first kappa shape index (κ1) is 12.2. The van der Waals surface area contributed by atoms with Gasteiger partial charge in [-0.25, -0.2) is 4.98 Å². The van der Waals surface area contributed by atoms with Crippen LogP contribution in [0.1, 0.15) is 31.5 Å². The van der Waals surface area contributed by atoms with Crippen LogP contribution in [-0.4, -0.2) is 33.4 Å². The summed E-state index contributed by atoms with van der Waals surface area (Å²) in [4.78, 5) is 18.0. The maximum absolute atomic E-state index is 11.4. The van der Waals surface area contributed by atoms with Gasteiger partial charge in [-0.2, -0.15) is 0 Å². The number of fused-ring (bicyclic) bond motifs is 1. The van der Waals surface area contributed by atoms with E-state index in [9.17, 15) is 4.79 Å². The molecule has 3 rings (SSSR count). The zero-order chi connectivity index (χ0) is 13.4. The number of para-hydroxylation sites is 2. The van der Waals surface area contributed by atoms with Crippen LogP contribution in [-0.2, 0) is 11.8 Å². The molecule has 0 aliphatic carbocycles. The molecule has 4 nitrogen and oxygen atoms in total. The lowest BCUT2D eigenvalue weighted by Crippen LogP contribution is -2.36. The first-order valence-corrected chi connectivity index (χ1v) is 6.83. The van der Waals surface area contributed by atoms with Crippen molar-refractivity contribution in [3.8, 4) is 0 Å². The first-order chi connectivity index (χ1) is 9.16. The third-order valence-corrected chi connectivity index (χ3v) is 4.13. The molecule has 1 saturated heterocycles. The molecule has 0 unspecified atom stereocenters. The maximum atomic E-state index is 11.4. The Morgan fingerprint density at radius 3 is 2.58 bits per heavy atom. The van der Waals surface area contributed by atoms with E-state index >= 15 is 0 Å². The molecule has 1 amide bonds. The van der Waals surface area contributed by atoms with Crippen LogP contribution >= 0.6 is 0 Å². The standard InChI is InChI=1S/C15H19N3O/c1-11(19)18-9-7-12(8-10-18)15-16-13-5-3-4-6-14(13)17(15)2/h3-6,12H,7-10H2,1-2H3. The molecule has 0 saturated carbocycles. The minimum atomic E-state index is 0.184. The second kappa shape index (κ2) is 4.68. The number of hydrogen-bond acceptors (Lipinski definition) is 2. The highest BCUT2D eigenvalue weighted by Crippen LogP contribution is 2.29. The second-order valence-electron chi connectivity index (χ2n) is 5.30. The Bertz CT molecular complexity index is 609. The van der Waals surface area contributed by atoms with Gasteiger partial charge in [-0.1, -0.05) is 12.1 Å². The van der Waals surface area contributed by atoms with Gasteiger partial charge >= 0.3 is 0 Å². The predicted octanol–water partition coefficient (Wildman–Crippen LogP) is 2.30. The Labute approximate surface area is 113 Å². The van der Waals surface area contributed by atoms with E-state index in [4.69, 9.17) is 4.98 Å². The fourth-order valence-electron chi connectivity index (χ4n) is 2.98. The van der Waals surface area contributed by atoms with Crippen LogP contribution in [0.15, 0.2) is 24.3 Å². The Hall–Kier alpha value is -1.84. The van der Waals surface area contributed by atoms with Crippen LogP contribution in [0.3, 0.4) is 0 Å². The van der Waals surface area contributed by atoms with Crippen LogP contribution in [0.4, 0.5) is 0 Å². The highest BCUT2D eigenvalue weighted by atomic mass is 16.2. The SMILES string of the molecule is CC(=O)N1CCC(c2nc3ccccc3n2C)CC1. The Morgan fingerprint density at radius 2 is 1.95 bits per heavy atom. The van der Waals surface area contributed by atoms with Crippen molar-refractivity contribution in [1.29, 1.82) is 0 Å². The zero-order valence-corrected chi connectivity index (χ0v) is 11.5. The molecule has 2 aromatic rings. The summed E-state index contributed by atoms with van der Waals surface area (Å²) < 4.78 is 2.20. The molecule has 1 fully saturated rings. The van der Waals surface area contributed by atoms with E-state index < -0.39 is 0 Å². The second-order valence-corrected chi connectivity index (χ2v) is 5.30. The predicted molar refractivity (Wildman–Crippen MR) is 74.9 cm³/mol. The van der Waals surface area contributed by atoms with Gasteiger partial charge in [-0.3, -0.25) is 4.79 Å². The number of aryl methyl sites for hydroxylation is 1. The van der Waals surface area contributed by atoms with Gasteiger partial charge in [-0.15, -0.1) is 0 Å². The Morgan fingerprint density at radius 1 is 1.26 bits per heavy atom. The third-order valence-electron chi connectivity index (χ3n) is 4.13. The number of piperidine rings is 1. The summed E-state index contributed by atoms with van der Waals surface area (Å²) in [5.74, 6) is 1.81. The molecule has 1 aromatic carbocycles. The summed E-state index contributed by atoms with van der Waals surface area (Å²) >= 11 is 0. The van der Waals surface area contributed by atoms with Crippen LogP contribution in [0.2, 0.25) is 0 Å². The van der Waals surface area contributed by atoms with Crippen molar-refractivity contribution >= 4 is 16.9 Å². The number of imidazole rings is 1.